The van der Waals surface area contributed by atoms with E-state index in [0.717, 1.165) is 22.5 Å². The third-order valence-electron chi connectivity index (χ3n) is 2.88. The number of hydrogen-bond acceptors (Lipinski definition) is 1. The Morgan fingerprint density at radius 3 is 2.24 bits per heavy atom. The molecular weight excluding hydrogens is 254 g/mol. The molecule has 0 saturated heterocycles. The average Bonchev–Trinajstić information content (AvgIpc) is 2.45. The largest absolute Gasteiger partial charge is 0.249 e. The minimum absolute atomic E-state index is 0.733. The van der Waals surface area contributed by atoms with Crippen molar-refractivity contribution >= 4 is 5.71 Å². The summed E-state index contributed by atoms with van der Waals surface area (Å²) in [6.45, 7) is 14.0. The molecular formula is C20H23N. The van der Waals surface area contributed by atoms with Crippen LogP contribution in [0.3, 0.4) is 0 Å². The fraction of sp³-hybridized carbons (Fsp3) is 0.150. The summed E-state index contributed by atoms with van der Waals surface area (Å²) in [5.74, 6) is 0. The van der Waals surface area contributed by atoms with Crippen LogP contribution in [0.5, 0.6) is 0 Å². The molecule has 1 heteroatoms. The van der Waals surface area contributed by atoms with Crippen molar-refractivity contribution in [2.75, 3.05) is 0 Å². The Kier molecular flexibility index (Phi) is 6.90. The van der Waals surface area contributed by atoms with Crippen molar-refractivity contribution in [3.63, 3.8) is 0 Å². The molecule has 1 rings (SSSR count). The third kappa shape index (κ3) is 5.62. The summed E-state index contributed by atoms with van der Waals surface area (Å²) >= 11 is 0. The van der Waals surface area contributed by atoms with Gasteiger partial charge in [-0.25, -0.2) is 4.99 Å². The topological polar surface area (TPSA) is 12.4 Å². The van der Waals surface area contributed by atoms with E-state index >= 15 is 0 Å². The highest BCUT2D eigenvalue weighted by molar-refractivity contribution is 6.10. The highest BCUT2D eigenvalue weighted by Gasteiger charge is 2.03. The fourth-order valence-electron chi connectivity index (χ4n) is 1.89. The van der Waals surface area contributed by atoms with E-state index < -0.39 is 0 Å². The van der Waals surface area contributed by atoms with Crippen molar-refractivity contribution in [3.8, 4) is 0 Å². The lowest BCUT2D eigenvalue weighted by molar-refractivity contribution is 1.38. The van der Waals surface area contributed by atoms with Crippen molar-refractivity contribution in [1.82, 2.24) is 0 Å². The first-order valence-corrected chi connectivity index (χ1v) is 7.04. The number of benzene rings is 1. The molecule has 0 aliphatic heterocycles. The van der Waals surface area contributed by atoms with Gasteiger partial charge in [0, 0.05) is 5.56 Å². The number of allylic oxidation sites excluding steroid dienone is 7. The Bertz CT molecular complexity index is 625. The summed E-state index contributed by atoms with van der Waals surface area (Å²) in [7, 11) is 0. The summed E-state index contributed by atoms with van der Waals surface area (Å²) in [6.07, 6.45) is 11.7. The third-order valence-corrected chi connectivity index (χ3v) is 2.88. The maximum absolute atomic E-state index is 4.61. The molecule has 0 atom stereocenters. The van der Waals surface area contributed by atoms with Crippen LogP contribution in [0.1, 0.15) is 25.0 Å². The molecule has 0 aromatic heterocycles. The molecule has 0 bridgehead atoms. The zero-order valence-electron chi connectivity index (χ0n) is 13.1. The van der Waals surface area contributed by atoms with Gasteiger partial charge in [-0.05, 0) is 44.1 Å². The molecule has 0 spiro atoms. The highest BCUT2D eigenvalue weighted by atomic mass is 14.7. The van der Waals surface area contributed by atoms with Gasteiger partial charge in [-0.3, -0.25) is 0 Å². The first kappa shape index (κ1) is 16.6. The van der Waals surface area contributed by atoms with Crippen LogP contribution in [0.4, 0.5) is 0 Å². The molecule has 0 heterocycles. The minimum atomic E-state index is 0.733. The Morgan fingerprint density at radius 2 is 1.62 bits per heavy atom. The zero-order chi connectivity index (χ0) is 15.7. The van der Waals surface area contributed by atoms with Gasteiger partial charge in [0.25, 0.3) is 0 Å². The lowest BCUT2D eigenvalue weighted by Crippen LogP contribution is -2.00. The van der Waals surface area contributed by atoms with Crippen LogP contribution in [0.25, 0.3) is 0 Å². The van der Waals surface area contributed by atoms with Gasteiger partial charge in [0.15, 0.2) is 0 Å². The Labute approximate surface area is 128 Å². The molecule has 0 aliphatic carbocycles. The van der Waals surface area contributed by atoms with Crippen LogP contribution in [-0.4, -0.2) is 5.71 Å². The normalized spacial score (nSPS) is 12.6. The molecule has 0 saturated carbocycles. The SMILES string of the molecule is C=C(/C=C\C)/C=C\C(=N/C(=C)/C=C\C)c1ccccc1C. The van der Waals surface area contributed by atoms with E-state index in [0.29, 0.717) is 0 Å². The summed E-state index contributed by atoms with van der Waals surface area (Å²) in [4.78, 5) is 4.61. The molecule has 108 valence electrons. The second-order valence-corrected chi connectivity index (χ2v) is 4.71. The molecule has 0 radical (unpaired) electrons. The predicted octanol–water partition coefficient (Wildman–Crippen LogP) is 5.56. The van der Waals surface area contributed by atoms with E-state index in [1.807, 2.05) is 62.4 Å². The van der Waals surface area contributed by atoms with Crippen LogP contribution in [0.2, 0.25) is 0 Å². The molecule has 1 aromatic rings. The van der Waals surface area contributed by atoms with Gasteiger partial charge in [0.05, 0.1) is 11.4 Å². The Morgan fingerprint density at radius 1 is 0.952 bits per heavy atom. The maximum Gasteiger partial charge on any atom is 0.0711 e. The van der Waals surface area contributed by atoms with Crippen LogP contribution in [0, 0.1) is 6.92 Å². The van der Waals surface area contributed by atoms with Gasteiger partial charge in [-0.1, -0.05) is 61.7 Å². The monoisotopic (exact) mass is 277 g/mol. The summed E-state index contributed by atoms with van der Waals surface area (Å²) in [5.41, 5.74) is 4.85. The van der Waals surface area contributed by atoms with Gasteiger partial charge < -0.3 is 0 Å². The first-order valence-electron chi connectivity index (χ1n) is 7.04. The van der Waals surface area contributed by atoms with E-state index in [2.05, 4.69) is 37.2 Å². The number of aliphatic imine (C=N–C) groups is 1. The van der Waals surface area contributed by atoms with E-state index in [4.69, 9.17) is 0 Å². The zero-order valence-corrected chi connectivity index (χ0v) is 13.1. The number of nitrogens with zero attached hydrogens (tertiary/aromatic N) is 1. The van der Waals surface area contributed by atoms with E-state index in [-0.39, 0.29) is 0 Å². The lowest BCUT2D eigenvalue weighted by atomic mass is 10.0. The summed E-state index contributed by atoms with van der Waals surface area (Å²) < 4.78 is 0. The average molecular weight is 277 g/mol. The van der Waals surface area contributed by atoms with Gasteiger partial charge in [0.1, 0.15) is 0 Å². The van der Waals surface area contributed by atoms with Gasteiger partial charge in [-0.15, -0.1) is 0 Å². The summed E-state index contributed by atoms with van der Waals surface area (Å²) in [6, 6.07) is 8.20. The Balaban J connectivity index is 3.21. The first-order chi connectivity index (χ1) is 10.1. The molecule has 1 nitrogen and oxygen atoms in total. The van der Waals surface area contributed by atoms with Crippen molar-refractivity contribution in [2.45, 2.75) is 20.8 Å². The van der Waals surface area contributed by atoms with Crippen molar-refractivity contribution in [2.24, 2.45) is 4.99 Å². The molecule has 0 fully saturated rings. The standard InChI is InChI=1S/C20H23N/c1-6-10-16(3)14-15-20(21-18(5)11-7-2)19-13-9-8-12-17(19)4/h6-15H,3,5H2,1-2,4H3/b10-6-,11-7-,15-14-,21-20+. The predicted molar refractivity (Wildman–Crippen MR) is 94.8 cm³/mol. The Hall–Kier alpha value is -2.41. The van der Waals surface area contributed by atoms with Crippen molar-refractivity contribution in [1.29, 1.82) is 0 Å². The highest BCUT2D eigenvalue weighted by Crippen LogP contribution is 2.12. The second-order valence-electron chi connectivity index (χ2n) is 4.71. The minimum Gasteiger partial charge on any atom is -0.249 e. The summed E-state index contributed by atoms with van der Waals surface area (Å²) in [5, 5.41) is 0. The molecule has 0 aliphatic rings. The van der Waals surface area contributed by atoms with Crippen LogP contribution < -0.4 is 0 Å². The van der Waals surface area contributed by atoms with Gasteiger partial charge in [-0.2, -0.15) is 0 Å². The second kappa shape index (κ2) is 8.70. The number of aryl methyl sites for hydroxylation is 1. The maximum atomic E-state index is 4.61. The van der Waals surface area contributed by atoms with Crippen molar-refractivity contribution in [3.05, 3.63) is 96.3 Å². The van der Waals surface area contributed by atoms with E-state index in [1.165, 1.54) is 5.56 Å². The van der Waals surface area contributed by atoms with Crippen LogP contribution >= 0.6 is 0 Å². The quantitative estimate of drug-likeness (QED) is 0.476. The number of rotatable bonds is 6. The fourth-order valence-corrected chi connectivity index (χ4v) is 1.89. The molecule has 21 heavy (non-hydrogen) atoms. The van der Waals surface area contributed by atoms with Gasteiger partial charge >= 0.3 is 0 Å². The number of hydrogen-bond donors (Lipinski definition) is 0. The molecule has 0 amide bonds. The van der Waals surface area contributed by atoms with E-state index in [9.17, 15) is 0 Å². The van der Waals surface area contributed by atoms with Gasteiger partial charge in [0.2, 0.25) is 0 Å². The van der Waals surface area contributed by atoms with Crippen LogP contribution in [0.15, 0.2) is 90.1 Å². The van der Waals surface area contributed by atoms with Crippen molar-refractivity contribution < 1.29 is 0 Å². The lowest BCUT2D eigenvalue weighted by Gasteiger charge is -2.06. The molecule has 0 unspecified atom stereocenters. The molecule has 0 N–H and O–H groups in total. The van der Waals surface area contributed by atoms with E-state index in [1.54, 1.807) is 0 Å². The smallest absolute Gasteiger partial charge is 0.0711 e. The van der Waals surface area contributed by atoms with Crippen LogP contribution in [-0.2, 0) is 0 Å². The molecule has 1 aromatic carbocycles.